The second kappa shape index (κ2) is 8.86. The SMILES string of the molecule is COc1cccc(CC(=O)NCC(c2ccccc2)c2ccccc2)c1. The monoisotopic (exact) mass is 345 g/mol. The predicted octanol–water partition coefficient (Wildman–Crippen LogP) is 4.19. The number of ether oxygens (including phenoxy) is 1. The Balaban J connectivity index is 1.68. The van der Waals surface area contributed by atoms with Crippen LogP contribution in [-0.4, -0.2) is 19.6 Å². The Morgan fingerprint density at radius 3 is 2.08 bits per heavy atom. The molecule has 3 aromatic carbocycles. The van der Waals surface area contributed by atoms with E-state index in [1.165, 1.54) is 11.1 Å². The molecular weight excluding hydrogens is 322 g/mol. The first kappa shape index (κ1) is 17.7. The molecule has 0 radical (unpaired) electrons. The van der Waals surface area contributed by atoms with Crippen molar-refractivity contribution in [2.75, 3.05) is 13.7 Å². The van der Waals surface area contributed by atoms with Gasteiger partial charge in [0.05, 0.1) is 13.5 Å². The van der Waals surface area contributed by atoms with Crippen LogP contribution in [0.4, 0.5) is 0 Å². The van der Waals surface area contributed by atoms with Crippen LogP contribution in [0.3, 0.4) is 0 Å². The second-order valence-electron chi connectivity index (χ2n) is 6.21. The fourth-order valence-corrected chi connectivity index (χ4v) is 3.05. The van der Waals surface area contributed by atoms with E-state index in [-0.39, 0.29) is 11.8 Å². The lowest BCUT2D eigenvalue weighted by molar-refractivity contribution is -0.120. The van der Waals surface area contributed by atoms with Gasteiger partial charge in [-0.1, -0.05) is 72.8 Å². The summed E-state index contributed by atoms with van der Waals surface area (Å²) < 4.78 is 5.22. The van der Waals surface area contributed by atoms with Crippen LogP contribution in [0.1, 0.15) is 22.6 Å². The highest BCUT2D eigenvalue weighted by molar-refractivity contribution is 5.78. The molecule has 0 aromatic heterocycles. The van der Waals surface area contributed by atoms with Crippen LogP contribution in [0.15, 0.2) is 84.9 Å². The van der Waals surface area contributed by atoms with Gasteiger partial charge in [0.1, 0.15) is 5.75 Å². The van der Waals surface area contributed by atoms with Crippen molar-refractivity contribution in [1.82, 2.24) is 5.32 Å². The number of hydrogen-bond donors (Lipinski definition) is 1. The number of carbonyl (C=O) groups excluding carboxylic acids is 1. The molecule has 0 saturated carbocycles. The molecule has 1 N–H and O–H groups in total. The third kappa shape index (κ3) is 4.73. The molecule has 0 bridgehead atoms. The highest BCUT2D eigenvalue weighted by Gasteiger charge is 2.15. The fraction of sp³-hybridized carbons (Fsp3) is 0.174. The number of nitrogens with one attached hydrogen (secondary N) is 1. The molecule has 0 fully saturated rings. The van der Waals surface area contributed by atoms with Gasteiger partial charge in [-0.05, 0) is 28.8 Å². The Hall–Kier alpha value is -3.07. The molecule has 0 heterocycles. The lowest BCUT2D eigenvalue weighted by Crippen LogP contribution is -2.30. The van der Waals surface area contributed by atoms with Gasteiger partial charge in [-0.15, -0.1) is 0 Å². The molecule has 0 atom stereocenters. The van der Waals surface area contributed by atoms with Crippen molar-refractivity contribution in [1.29, 1.82) is 0 Å². The van der Waals surface area contributed by atoms with E-state index in [1.807, 2.05) is 60.7 Å². The maximum absolute atomic E-state index is 12.4. The van der Waals surface area contributed by atoms with Crippen LogP contribution in [0.25, 0.3) is 0 Å². The molecule has 26 heavy (non-hydrogen) atoms. The quantitative estimate of drug-likeness (QED) is 0.697. The average Bonchev–Trinajstić information content (AvgIpc) is 2.70. The minimum atomic E-state index is 0.00937. The van der Waals surface area contributed by atoms with Crippen molar-refractivity contribution in [3.8, 4) is 5.75 Å². The maximum atomic E-state index is 12.4. The summed E-state index contributed by atoms with van der Waals surface area (Å²) in [6, 6.07) is 28.2. The molecule has 132 valence electrons. The van der Waals surface area contributed by atoms with Gasteiger partial charge in [-0.3, -0.25) is 4.79 Å². The van der Waals surface area contributed by atoms with E-state index in [0.29, 0.717) is 13.0 Å². The van der Waals surface area contributed by atoms with E-state index in [1.54, 1.807) is 7.11 Å². The normalized spacial score (nSPS) is 10.5. The molecule has 1 amide bonds. The van der Waals surface area contributed by atoms with Gasteiger partial charge >= 0.3 is 0 Å². The van der Waals surface area contributed by atoms with Gasteiger partial charge in [0.2, 0.25) is 5.91 Å². The minimum Gasteiger partial charge on any atom is -0.497 e. The Morgan fingerprint density at radius 2 is 1.50 bits per heavy atom. The van der Waals surface area contributed by atoms with Crippen molar-refractivity contribution in [3.05, 3.63) is 102 Å². The van der Waals surface area contributed by atoms with Gasteiger partial charge in [0.15, 0.2) is 0 Å². The Labute approximate surface area is 154 Å². The first-order chi connectivity index (χ1) is 12.8. The van der Waals surface area contributed by atoms with Crippen LogP contribution < -0.4 is 10.1 Å². The van der Waals surface area contributed by atoms with Crippen LogP contribution in [0, 0.1) is 0 Å². The topological polar surface area (TPSA) is 38.3 Å². The smallest absolute Gasteiger partial charge is 0.224 e. The molecule has 3 aromatic rings. The zero-order chi connectivity index (χ0) is 18.2. The summed E-state index contributed by atoms with van der Waals surface area (Å²) in [7, 11) is 1.63. The first-order valence-corrected chi connectivity index (χ1v) is 8.76. The van der Waals surface area contributed by atoms with Gasteiger partial charge in [0, 0.05) is 12.5 Å². The predicted molar refractivity (Wildman–Crippen MR) is 104 cm³/mol. The van der Waals surface area contributed by atoms with Gasteiger partial charge in [-0.2, -0.15) is 0 Å². The van der Waals surface area contributed by atoms with Crippen molar-refractivity contribution in [2.24, 2.45) is 0 Å². The molecular formula is C23H23NO2. The zero-order valence-corrected chi connectivity index (χ0v) is 14.9. The number of benzene rings is 3. The molecule has 0 unspecified atom stereocenters. The number of methoxy groups -OCH3 is 1. The highest BCUT2D eigenvalue weighted by atomic mass is 16.5. The van der Waals surface area contributed by atoms with Crippen LogP contribution in [0.2, 0.25) is 0 Å². The first-order valence-electron chi connectivity index (χ1n) is 8.76. The molecule has 0 aliphatic carbocycles. The van der Waals surface area contributed by atoms with E-state index in [2.05, 4.69) is 29.6 Å². The summed E-state index contributed by atoms with van der Waals surface area (Å²) in [5, 5.41) is 3.09. The number of rotatable bonds is 7. The summed E-state index contributed by atoms with van der Waals surface area (Å²) in [5.41, 5.74) is 3.33. The second-order valence-corrected chi connectivity index (χ2v) is 6.21. The lowest BCUT2D eigenvalue weighted by Gasteiger charge is -2.19. The van der Waals surface area contributed by atoms with Crippen molar-refractivity contribution in [3.63, 3.8) is 0 Å². The maximum Gasteiger partial charge on any atom is 0.224 e. The minimum absolute atomic E-state index is 0.00937. The van der Waals surface area contributed by atoms with Gasteiger partial charge < -0.3 is 10.1 Å². The van der Waals surface area contributed by atoms with Gasteiger partial charge in [0.25, 0.3) is 0 Å². The highest BCUT2D eigenvalue weighted by Crippen LogP contribution is 2.23. The summed E-state index contributed by atoms with van der Waals surface area (Å²) in [4.78, 5) is 12.4. The Kier molecular flexibility index (Phi) is 6.05. The fourth-order valence-electron chi connectivity index (χ4n) is 3.05. The van der Waals surface area contributed by atoms with Crippen molar-refractivity contribution < 1.29 is 9.53 Å². The molecule has 3 nitrogen and oxygen atoms in total. The molecule has 0 spiro atoms. The summed E-state index contributed by atoms with van der Waals surface area (Å²) >= 11 is 0. The van der Waals surface area contributed by atoms with E-state index >= 15 is 0 Å². The lowest BCUT2D eigenvalue weighted by atomic mass is 9.91. The molecule has 3 rings (SSSR count). The Bertz CT molecular complexity index is 792. The number of hydrogen-bond acceptors (Lipinski definition) is 2. The molecule has 0 aliphatic rings. The van der Waals surface area contributed by atoms with E-state index in [9.17, 15) is 4.79 Å². The standard InChI is InChI=1S/C23H23NO2/c1-26-21-14-8-9-18(15-21)16-23(25)24-17-22(19-10-4-2-5-11-19)20-12-6-3-7-13-20/h2-15,22H,16-17H2,1H3,(H,24,25). The third-order valence-corrected chi connectivity index (χ3v) is 4.41. The van der Waals surface area contributed by atoms with Gasteiger partial charge in [-0.25, -0.2) is 0 Å². The summed E-state index contributed by atoms with van der Waals surface area (Å²) in [6.45, 7) is 0.566. The summed E-state index contributed by atoms with van der Waals surface area (Å²) in [5.74, 6) is 0.906. The largest absolute Gasteiger partial charge is 0.497 e. The average molecular weight is 345 g/mol. The number of amides is 1. The van der Waals surface area contributed by atoms with E-state index in [4.69, 9.17) is 4.74 Å². The molecule has 0 saturated heterocycles. The van der Waals surface area contributed by atoms with E-state index in [0.717, 1.165) is 11.3 Å². The van der Waals surface area contributed by atoms with E-state index < -0.39 is 0 Å². The van der Waals surface area contributed by atoms with Crippen molar-refractivity contribution in [2.45, 2.75) is 12.3 Å². The summed E-state index contributed by atoms with van der Waals surface area (Å²) in [6.07, 6.45) is 0.341. The van der Waals surface area contributed by atoms with Crippen LogP contribution in [0.5, 0.6) is 5.75 Å². The molecule has 0 aliphatic heterocycles. The Morgan fingerprint density at radius 1 is 0.885 bits per heavy atom. The van der Waals surface area contributed by atoms with Crippen LogP contribution in [-0.2, 0) is 11.2 Å². The number of carbonyl (C=O) groups is 1. The zero-order valence-electron chi connectivity index (χ0n) is 14.9. The van der Waals surface area contributed by atoms with Crippen LogP contribution >= 0.6 is 0 Å². The molecule has 3 heteroatoms. The third-order valence-electron chi connectivity index (χ3n) is 4.41. The van der Waals surface area contributed by atoms with Crippen molar-refractivity contribution >= 4 is 5.91 Å².